The molecule has 2 aromatic rings. The van der Waals surface area contributed by atoms with Gasteiger partial charge in [0.1, 0.15) is 10.6 Å². The fraction of sp³-hybridized carbons (Fsp3) is 0. The van der Waals surface area contributed by atoms with E-state index >= 15 is 0 Å². The molecule has 0 saturated carbocycles. The van der Waals surface area contributed by atoms with Crippen molar-refractivity contribution in [2.24, 2.45) is 0 Å². The summed E-state index contributed by atoms with van der Waals surface area (Å²) in [6.45, 7) is 0. The van der Waals surface area contributed by atoms with Crippen molar-refractivity contribution in [3.8, 4) is 5.75 Å². The molecule has 0 heterocycles. The fourth-order valence-electron chi connectivity index (χ4n) is 1.33. The van der Waals surface area contributed by atoms with Crippen LogP contribution in [0.25, 0.3) is 10.8 Å². The Bertz CT molecular complexity index is 616. The Morgan fingerprint density at radius 2 is 1.87 bits per heavy atom. The number of hydrogen-bond acceptors (Lipinski definition) is 3. The molecule has 2 aromatic carbocycles. The summed E-state index contributed by atoms with van der Waals surface area (Å²) in [4.78, 5) is -0.432. The Hall–Kier alpha value is -1.59. The summed E-state index contributed by atoms with van der Waals surface area (Å²) in [5.74, 6) is -0.197. The molecule has 4 nitrogen and oxygen atoms in total. The van der Waals surface area contributed by atoms with Crippen LogP contribution in [0.5, 0.6) is 5.75 Å². The zero-order valence-electron chi connectivity index (χ0n) is 7.51. The Morgan fingerprint density at radius 3 is 2.53 bits per heavy atom. The molecule has 0 amide bonds. The maximum Gasteiger partial charge on any atom is 0.295 e. The van der Waals surface area contributed by atoms with Crippen molar-refractivity contribution in [2.75, 3.05) is 0 Å². The first-order chi connectivity index (χ1) is 6.98. The zero-order valence-corrected chi connectivity index (χ0v) is 8.32. The van der Waals surface area contributed by atoms with Gasteiger partial charge in [0.2, 0.25) is 0 Å². The van der Waals surface area contributed by atoms with Crippen LogP contribution in [0, 0.1) is 6.07 Å². The van der Waals surface area contributed by atoms with Crippen LogP contribution < -0.4 is 0 Å². The van der Waals surface area contributed by atoms with Gasteiger partial charge in [-0.05, 0) is 5.39 Å². The van der Waals surface area contributed by atoms with E-state index in [1.165, 1.54) is 0 Å². The number of fused-ring (bicyclic) bond motifs is 1. The summed E-state index contributed by atoms with van der Waals surface area (Å²) in [5.41, 5.74) is 0. The Balaban J connectivity index is 2.85. The monoisotopic (exact) mass is 223 g/mol. The maximum absolute atomic E-state index is 10.8. The standard InChI is InChI=1S/C10H7O4S/c11-10-6-8(15(12,13)14)5-7-3-1-2-4-9(7)10/h1-4,6,11H,(H,12,13,14). The lowest BCUT2D eigenvalue weighted by molar-refractivity contribution is 0.470. The summed E-state index contributed by atoms with van der Waals surface area (Å²) in [6.07, 6.45) is 0. The van der Waals surface area contributed by atoms with Gasteiger partial charge in [-0.25, -0.2) is 0 Å². The fourth-order valence-corrected chi connectivity index (χ4v) is 1.82. The average molecular weight is 223 g/mol. The van der Waals surface area contributed by atoms with Crippen molar-refractivity contribution >= 4 is 20.9 Å². The molecule has 77 valence electrons. The molecular formula is C10H7O4S. The van der Waals surface area contributed by atoms with Gasteiger partial charge in [-0.3, -0.25) is 4.55 Å². The zero-order chi connectivity index (χ0) is 11.1. The summed E-state index contributed by atoms with van der Waals surface area (Å²) in [7, 11) is -4.33. The number of rotatable bonds is 1. The number of aromatic hydroxyl groups is 1. The molecule has 0 saturated heterocycles. The highest BCUT2D eigenvalue weighted by atomic mass is 32.2. The van der Waals surface area contributed by atoms with E-state index in [1.54, 1.807) is 24.3 Å². The third kappa shape index (κ3) is 1.79. The third-order valence-corrected chi connectivity index (χ3v) is 2.78. The lowest BCUT2D eigenvalue weighted by Gasteiger charge is -2.02. The number of hydrogen-bond donors (Lipinski definition) is 2. The number of phenolic OH excluding ortho intramolecular Hbond substituents is 1. The van der Waals surface area contributed by atoms with Gasteiger partial charge in [0, 0.05) is 17.5 Å². The highest BCUT2D eigenvalue weighted by Crippen LogP contribution is 2.27. The molecule has 0 aromatic heterocycles. The van der Waals surface area contributed by atoms with Crippen LogP contribution in [0.4, 0.5) is 0 Å². The van der Waals surface area contributed by atoms with Gasteiger partial charge in [0.15, 0.2) is 0 Å². The van der Waals surface area contributed by atoms with Gasteiger partial charge in [-0.2, -0.15) is 8.42 Å². The second kappa shape index (κ2) is 3.22. The van der Waals surface area contributed by atoms with Gasteiger partial charge in [0.05, 0.1) is 0 Å². The van der Waals surface area contributed by atoms with Crippen molar-refractivity contribution in [1.29, 1.82) is 0 Å². The summed E-state index contributed by atoms with van der Waals surface area (Å²) < 4.78 is 30.5. The van der Waals surface area contributed by atoms with Crippen LogP contribution in [-0.2, 0) is 10.1 Å². The Kier molecular flexibility index (Phi) is 2.13. The second-order valence-electron chi connectivity index (χ2n) is 3.04. The first-order valence-corrected chi connectivity index (χ1v) is 5.54. The first kappa shape index (κ1) is 9.95. The van der Waals surface area contributed by atoms with E-state index in [0.29, 0.717) is 10.8 Å². The van der Waals surface area contributed by atoms with Crippen LogP contribution >= 0.6 is 0 Å². The van der Waals surface area contributed by atoms with E-state index in [0.717, 1.165) is 6.07 Å². The molecule has 0 atom stereocenters. The highest BCUT2D eigenvalue weighted by molar-refractivity contribution is 7.85. The quantitative estimate of drug-likeness (QED) is 0.720. The molecule has 0 aliphatic heterocycles. The molecule has 1 radical (unpaired) electrons. The van der Waals surface area contributed by atoms with Crippen molar-refractivity contribution in [1.82, 2.24) is 0 Å². The minimum atomic E-state index is -4.33. The molecule has 0 unspecified atom stereocenters. The lowest BCUT2D eigenvalue weighted by atomic mass is 10.1. The van der Waals surface area contributed by atoms with Crippen molar-refractivity contribution in [2.45, 2.75) is 4.90 Å². The van der Waals surface area contributed by atoms with Crippen molar-refractivity contribution < 1.29 is 18.1 Å². The van der Waals surface area contributed by atoms with Crippen molar-refractivity contribution in [3.63, 3.8) is 0 Å². The van der Waals surface area contributed by atoms with Gasteiger partial charge >= 0.3 is 0 Å². The Labute approximate surface area is 86.5 Å². The smallest absolute Gasteiger partial charge is 0.295 e. The second-order valence-corrected chi connectivity index (χ2v) is 4.43. The molecular weight excluding hydrogens is 216 g/mol. The predicted molar refractivity (Wildman–Crippen MR) is 54.3 cm³/mol. The van der Waals surface area contributed by atoms with E-state index in [-0.39, 0.29) is 5.75 Å². The van der Waals surface area contributed by atoms with Gasteiger partial charge in [-0.15, -0.1) is 0 Å². The molecule has 0 aliphatic carbocycles. The van der Waals surface area contributed by atoms with E-state index in [1.807, 2.05) is 0 Å². The van der Waals surface area contributed by atoms with E-state index in [4.69, 9.17) is 4.55 Å². The van der Waals surface area contributed by atoms with Gasteiger partial charge < -0.3 is 5.11 Å². The highest BCUT2D eigenvalue weighted by Gasteiger charge is 2.13. The molecule has 0 fully saturated rings. The summed E-state index contributed by atoms with van der Waals surface area (Å²) in [5, 5.41) is 10.4. The van der Waals surface area contributed by atoms with Crippen LogP contribution in [0.15, 0.2) is 35.2 Å². The maximum atomic E-state index is 10.8. The molecule has 15 heavy (non-hydrogen) atoms. The molecule has 0 aliphatic rings. The predicted octanol–water partition coefficient (Wildman–Crippen LogP) is 1.59. The summed E-state index contributed by atoms with van der Waals surface area (Å²) >= 11 is 0. The summed E-state index contributed by atoms with van der Waals surface area (Å²) in [6, 6.07) is 10.1. The van der Waals surface area contributed by atoms with Crippen LogP contribution in [-0.4, -0.2) is 18.1 Å². The van der Waals surface area contributed by atoms with E-state index in [2.05, 4.69) is 6.07 Å². The van der Waals surface area contributed by atoms with Crippen LogP contribution in [0.2, 0.25) is 0 Å². The molecule has 0 bridgehead atoms. The first-order valence-electron chi connectivity index (χ1n) is 4.10. The topological polar surface area (TPSA) is 74.6 Å². The van der Waals surface area contributed by atoms with Gasteiger partial charge in [-0.1, -0.05) is 24.3 Å². The average Bonchev–Trinajstić information content (AvgIpc) is 2.16. The van der Waals surface area contributed by atoms with E-state index in [9.17, 15) is 13.5 Å². The van der Waals surface area contributed by atoms with Crippen LogP contribution in [0.3, 0.4) is 0 Å². The number of benzene rings is 2. The lowest BCUT2D eigenvalue weighted by Crippen LogP contribution is -1.98. The minimum absolute atomic E-state index is 0.197. The third-order valence-electron chi connectivity index (χ3n) is 2.01. The largest absolute Gasteiger partial charge is 0.507 e. The number of phenols is 1. The minimum Gasteiger partial charge on any atom is -0.507 e. The van der Waals surface area contributed by atoms with Gasteiger partial charge in [0.25, 0.3) is 10.1 Å². The van der Waals surface area contributed by atoms with Crippen molar-refractivity contribution in [3.05, 3.63) is 36.4 Å². The Morgan fingerprint density at radius 1 is 1.20 bits per heavy atom. The SMILES string of the molecule is O=S(=O)(O)c1[c]c2ccccc2c(O)c1. The molecule has 2 rings (SSSR count). The molecule has 0 spiro atoms. The molecule has 2 N–H and O–H groups in total. The van der Waals surface area contributed by atoms with E-state index < -0.39 is 15.0 Å². The normalized spacial score (nSPS) is 11.8. The molecule has 5 heteroatoms. The van der Waals surface area contributed by atoms with Crippen LogP contribution in [0.1, 0.15) is 0 Å².